The van der Waals surface area contributed by atoms with Gasteiger partial charge >= 0.3 is 5.97 Å². The Kier molecular flexibility index (Phi) is 5.29. The SMILES string of the molecule is CC1CCCCC1NC(=O)COC(=O)c1c2ccccc2cc2ccccc12. The Labute approximate surface area is 164 Å². The third kappa shape index (κ3) is 3.72. The lowest BCUT2D eigenvalue weighted by molar-refractivity contribution is -0.125. The molecule has 0 heterocycles. The van der Waals surface area contributed by atoms with Crippen LogP contribution < -0.4 is 5.32 Å². The highest BCUT2D eigenvalue weighted by molar-refractivity contribution is 6.16. The smallest absolute Gasteiger partial charge is 0.339 e. The van der Waals surface area contributed by atoms with E-state index in [-0.39, 0.29) is 18.6 Å². The fourth-order valence-electron chi connectivity index (χ4n) is 4.22. The average molecular weight is 375 g/mol. The maximum absolute atomic E-state index is 12.9. The van der Waals surface area contributed by atoms with Crippen LogP contribution in [0.15, 0.2) is 54.6 Å². The van der Waals surface area contributed by atoms with E-state index in [1.165, 1.54) is 6.42 Å². The van der Waals surface area contributed by atoms with E-state index < -0.39 is 5.97 Å². The summed E-state index contributed by atoms with van der Waals surface area (Å²) < 4.78 is 5.43. The monoisotopic (exact) mass is 375 g/mol. The van der Waals surface area contributed by atoms with Gasteiger partial charge in [0.1, 0.15) is 0 Å². The summed E-state index contributed by atoms with van der Waals surface area (Å²) in [6.45, 7) is 1.91. The molecule has 1 aliphatic rings. The number of esters is 1. The number of hydrogen-bond donors (Lipinski definition) is 1. The van der Waals surface area contributed by atoms with E-state index in [9.17, 15) is 9.59 Å². The average Bonchev–Trinajstić information content (AvgIpc) is 2.72. The van der Waals surface area contributed by atoms with E-state index in [2.05, 4.69) is 18.3 Å². The number of amides is 1. The van der Waals surface area contributed by atoms with E-state index in [1.54, 1.807) is 0 Å². The molecule has 28 heavy (non-hydrogen) atoms. The topological polar surface area (TPSA) is 55.4 Å². The van der Waals surface area contributed by atoms with Gasteiger partial charge in [0.05, 0.1) is 5.56 Å². The summed E-state index contributed by atoms with van der Waals surface area (Å²) in [4.78, 5) is 25.3. The van der Waals surface area contributed by atoms with Gasteiger partial charge in [-0.1, -0.05) is 68.3 Å². The molecule has 1 saturated carbocycles. The second-order valence-electron chi connectivity index (χ2n) is 7.71. The Bertz CT molecular complexity index is 973. The van der Waals surface area contributed by atoms with Crippen molar-refractivity contribution in [1.82, 2.24) is 5.32 Å². The number of carbonyl (C=O) groups excluding carboxylic acids is 2. The van der Waals surface area contributed by atoms with Crippen LogP contribution >= 0.6 is 0 Å². The predicted molar refractivity (Wildman–Crippen MR) is 111 cm³/mol. The number of rotatable bonds is 4. The van der Waals surface area contributed by atoms with Crippen LogP contribution in [0.1, 0.15) is 43.0 Å². The molecule has 2 atom stereocenters. The van der Waals surface area contributed by atoms with E-state index >= 15 is 0 Å². The lowest BCUT2D eigenvalue weighted by Gasteiger charge is -2.29. The molecular weight excluding hydrogens is 350 g/mol. The summed E-state index contributed by atoms with van der Waals surface area (Å²) in [6, 6.07) is 17.8. The standard InChI is InChI=1S/C24H25NO3/c1-16-8-2-7-13-21(16)25-22(26)15-28-24(27)23-19-11-5-3-9-17(19)14-18-10-4-6-12-20(18)23/h3-6,9-12,14,16,21H,2,7-8,13,15H2,1H3,(H,25,26). The molecule has 0 aliphatic heterocycles. The van der Waals surface area contributed by atoms with Crippen molar-refractivity contribution < 1.29 is 14.3 Å². The molecule has 0 saturated heterocycles. The molecular formula is C24H25NO3. The summed E-state index contributed by atoms with van der Waals surface area (Å²) in [5.74, 6) is -0.216. The zero-order valence-corrected chi connectivity index (χ0v) is 16.1. The predicted octanol–water partition coefficient (Wildman–Crippen LogP) is 4.84. The Balaban J connectivity index is 1.54. The Morgan fingerprint density at radius 2 is 1.57 bits per heavy atom. The number of benzene rings is 3. The fourth-order valence-corrected chi connectivity index (χ4v) is 4.22. The minimum atomic E-state index is -0.458. The van der Waals surface area contributed by atoms with Crippen LogP contribution in [0.2, 0.25) is 0 Å². The first-order chi connectivity index (χ1) is 13.6. The van der Waals surface area contributed by atoms with Gasteiger partial charge in [-0.3, -0.25) is 4.79 Å². The van der Waals surface area contributed by atoms with Gasteiger partial charge in [-0.2, -0.15) is 0 Å². The molecule has 0 spiro atoms. The van der Waals surface area contributed by atoms with Crippen molar-refractivity contribution in [1.29, 1.82) is 0 Å². The molecule has 3 aromatic carbocycles. The Morgan fingerprint density at radius 3 is 2.21 bits per heavy atom. The highest BCUT2D eigenvalue weighted by atomic mass is 16.5. The molecule has 1 amide bonds. The van der Waals surface area contributed by atoms with E-state index in [4.69, 9.17) is 4.74 Å². The Hall–Kier alpha value is -2.88. The quantitative estimate of drug-likeness (QED) is 0.524. The van der Waals surface area contributed by atoms with Crippen LogP contribution in [-0.2, 0) is 9.53 Å². The first kappa shape index (κ1) is 18.5. The maximum atomic E-state index is 12.9. The normalized spacial score (nSPS) is 19.5. The molecule has 4 nitrogen and oxygen atoms in total. The van der Waals surface area contributed by atoms with Crippen molar-refractivity contribution in [3.8, 4) is 0 Å². The third-order valence-electron chi connectivity index (χ3n) is 5.77. The zero-order valence-electron chi connectivity index (χ0n) is 16.1. The van der Waals surface area contributed by atoms with Crippen molar-refractivity contribution >= 4 is 33.4 Å². The lowest BCUT2D eigenvalue weighted by atomic mass is 9.86. The minimum Gasteiger partial charge on any atom is -0.452 e. The highest BCUT2D eigenvalue weighted by Gasteiger charge is 2.23. The van der Waals surface area contributed by atoms with Crippen LogP contribution in [0.3, 0.4) is 0 Å². The lowest BCUT2D eigenvalue weighted by Crippen LogP contribution is -2.42. The van der Waals surface area contributed by atoms with Crippen molar-refractivity contribution in [2.75, 3.05) is 6.61 Å². The van der Waals surface area contributed by atoms with E-state index in [0.717, 1.165) is 40.8 Å². The van der Waals surface area contributed by atoms with Gasteiger partial charge in [-0.25, -0.2) is 4.79 Å². The van der Waals surface area contributed by atoms with Gasteiger partial charge in [0, 0.05) is 6.04 Å². The number of fused-ring (bicyclic) bond motifs is 2. The van der Waals surface area contributed by atoms with Gasteiger partial charge in [-0.15, -0.1) is 0 Å². The summed E-state index contributed by atoms with van der Waals surface area (Å²) in [5, 5.41) is 6.67. The summed E-state index contributed by atoms with van der Waals surface area (Å²) in [6.07, 6.45) is 4.48. The summed E-state index contributed by atoms with van der Waals surface area (Å²) >= 11 is 0. The molecule has 3 aromatic rings. The van der Waals surface area contributed by atoms with Crippen LogP contribution in [0.5, 0.6) is 0 Å². The molecule has 144 valence electrons. The van der Waals surface area contributed by atoms with Gasteiger partial charge < -0.3 is 10.1 Å². The fraction of sp³-hybridized carbons (Fsp3) is 0.333. The maximum Gasteiger partial charge on any atom is 0.339 e. The summed E-state index contributed by atoms with van der Waals surface area (Å²) in [5.41, 5.74) is 0.521. The summed E-state index contributed by atoms with van der Waals surface area (Å²) in [7, 11) is 0. The van der Waals surface area contributed by atoms with Crippen LogP contribution in [0.4, 0.5) is 0 Å². The van der Waals surface area contributed by atoms with Crippen molar-refractivity contribution in [3.63, 3.8) is 0 Å². The molecule has 1 aliphatic carbocycles. The molecule has 2 unspecified atom stereocenters. The van der Waals surface area contributed by atoms with Gasteiger partial charge in [-0.05, 0) is 46.4 Å². The second-order valence-corrected chi connectivity index (χ2v) is 7.71. The van der Waals surface area contributed by atoms with Gasteiger partial charge in [0.15, 0.2) is 6.61 Å². The minimum absolute atomic E-state index is 0.179. The third-order valence-corrected chi connectivity index (χ3v) is 5.77. The van der Waals surface area contributed by atoms with E-state index in [0.29, 0.717) is 11.5 Å². The second kappa shape index (κ2) is 8.01. The molecule has 4 rings (SSSR count). The number of hydrogen-bond acceptors (Lipinski definition) is 3. The molecule has 0 aromatic heterocycles. The molecule has 0 radical (unpaired) electrons. The van der Waals surface area contributed by atoms with Crippen molar-refractivity contribution in [2.24, 2.45) is 5.92 Å². The number of nitrogens with one attached hydrogen (secondary N) is 1. The molecule has 1 N–H and O–H groups in total. The highest BCUT2D eigenvalue weighted by Crippen LogP contribution is 2.29. The zero-order chi connectivity index (χ0) is 19.5. The molecule has 0 bridgehead atoms. The van der Waals surface area contributed by atoms with Crippen LogP contribution in [0, 0.1) is 5.92 Å². The van der Waals surface area contributed by atoms with Gasteiger partial charge in [0.25, 0.3) is 5.91 Å². The van der Waals surface area contributed by atoms with Gasteiger partial charge in [0.2, 0.25) is 0 Å². The van der Waals surface area contributed by atoms with E-state index in [1.807, 2.05) is 48.5 Å². The molecule has 1 fully saturated rings. The number of ether oxygens (including phenoxy) is 1. The molecule has 4 heteroatoms. The van der Waals surface area contributed by atoms with Crippen LogP contribution in [0.25, 0.3) is 21.5 Å². The largest absolute Gasteiger partial charge is 0.452 e. The first-order valence-corrected chi connectivity index (χ1v) is 10.0. The van der Waals surface area contributed by atoms with Crippen molar-refractivity contribution in [3.05, 3.63) is 60.2 Å². The number of carbonyl (C=O) groups is 2. The van der Waals surface area contributed by atoms with Crippen LogP contribution in [-0.4, -0.2) is 24.5 Å². The first-order valence-electron chi connectivity index (χ1n) is 10.0. The van der Waals surface area contributed by atoms with Crippen molar-refractivity contribution in [2.45, 2.75) is 38.6 Å². The Morgan fingerprint density at radius 1 is 0.964 bits per heavy atom.